The number of fused-ring (bicyclic) bond motifs is 3. The summed E-state index contributed by atoms with van der Waals surface area (Å²) in [6, 6.07) is 2.13. The van der Waals surface area contributed by atoms with Crippen molar-refractivity contribution in [2.24, 2.45) is 0 Å². The first-order valence-electron chi connectivity index (χ1n) is 3.41. The molecule has 1 aliphatic rings. The number of hydrogen-bond donors (Lipinski definition) is 1. The van der Waals surface area contributed by atoms with Crippen LogP contribution in [-0.2, 0) is 0 Å². The molecule has 2 aromatic heterocycles. The molecule has 0 amide bonds. The summed E-state index contributed by atoms with van der Waals surface area (Å²) in [5.41, 5.74) is 2.47. The number of hydrogen-bond acceptors (Lipinski definition) is 2. The summed E-state index contributed by atoms with van der Waals surface area (Å²) in [5, 5.41) is 2.13. The molecule has 2 aromatic rings. The van der Waals surface area contributed by atoms with Crippen molar-refractivity contribution in [3.63, 3.8) is 0 Å². The summed E-state index contributed by atoms with van der Waals surface area (Å²) >= 11 is 3.68. The lowest BCUT2D eigenvalue weighted by Gasteiger charge is -1.83. The Kier molecular flexibility index (Phi) is 1.14. The molecule has 3 heterocycles. The molecule has 0 saturated heterocycles. The zero-order valence-corrected chi connectivity index (χ0v) is 7.31. The van der Waals surface area contributed by atoms with Crippen LogP contribution < -0.4 is 0 Å². The van der Waals surface area contributed by atoms with Gasteiger partial charge >= 0.3 is 0 Å². The Morgan fingerprint density at radius 2 is 2.55 bits per heavy atom. The highest BCUT2D eigenvalue weighted by Gasteiger charge is 2.18. The Balaban J connectivity index is 2.46. The lowest BCUT2D eigenvalue weighted by Crippen LogP contribution is -1.74. The van der Waals surface area contributed by atoms with Crippen molar-refractivity contribution in [3.8, 4) is 0 Å². The third-order valence-electron chi connectivity index (χ3n) is 1.82. The molecule has 0 unspecified atom stereocenters. The highest BCUT2D eigenvalue weighted by atomic mass is 32.2. The van der Waals surface area contributed by atoms with Crippen molar-refractivity contribution in [1.82, 2.24) is 4.98 Å². The van der Waals surface area contributed by atoms with E-state index in [1.54, 1.807) is 0 Å². The number of thioether (sulfide) groups is 1. The molecule has 0 bridgehead atoms. The van der Waals surface area contributed by atoms with Gasteiger partial charge in [0.25, 0.3) is 0 Å². The monoisotopic (exact) mass is 179 g/mol. The van der Waals surface area contributed by atoms with Gasteiger partial charge in [-0.05, 0) is 11.4 Å². The summed E-state index contributed by atoms with van der Waals surface area (Å²) in [6.45, 7) is 0. The van der Waals surface area contributed by atoms with E-state index in [-0.39, 0.29) is 0 Å². The fourth-order valence-electron chi connectivity index (χ4n) is 1.33. The molecule has 0 atom stereocenters. The standard InChI is InChI=1S/C8H5NS2/c1-3-10-7-5(1)9-6-2-4-11-8(6)7/h1,3,9H,4H2. The molecule has 1 nitrogen and oxygen atoms in total. The second-order valence-corrected chi connectivity index (χ2v) is 4.36. The summed E-state index contributed by atoms with van der Waals surface area (Å²) < 4.78 is 1.40. The molecule has 0 fully saturated rings. The van der Waals surface area contributed by atoms with Gasteiger partial charge in [0.15, 0.2) is 0 Å². The number of thiophene rings is 1. The summed E-state index contributed by atoms with van der Waals surface area (Å²) in [6.07, 6.45) is 3.29. The third kappa shape index (κ3) is 0.726. The van der Waals surface area contributed by atoms with Gasteiger partial charge < -0.3 is 4.98 Å². The maximum absolute atomic E-state index is 3.33. The molecule has 0 aliphatic carbocycles. The summed E-state index contributed by atoms with van der Waals surface area (Å²) in [5.74, 6) is 1.01. The van der Waals surface area contributed by atoms with Gasteiger partial charge in [-0.3, -0.25) is 0 Å². The Bertz CT molecular complexity index is 399. The van der Waals surface area contributed by atoms with E-state index < -0.39 is 0 Å². The molecule has 0 saturated carbocycles. The molecule has 0 aromatic carbocycles. The molecule has 1 aliphatic heterocycles. The highest BCUT2D eigenvalue weighted by Crippen LogP contribution is 2.40. The van der Waals surface area contributed by atoms with Crippen LogP contribution in [0.3, 0.4) is 0 Å². The second-order valence-electron chi connectivity index (χ2n) is 2.46. The van der Waals surface area contributed by atoms with E-state index >= 15 is 0 Å². The SMILES string of the molecule is [C]1CSc2c1[nH]c1ccsc21. The van der Waals surface area contributed by atoms with E-state index in [9.17, 15) is 0 Å². The molecule has 0 spiro atoms. The van der Waals surface area contributed by atoms with Crippen molar-refractivity contribution in [2.45, 2.75) is 4.90 Å². The van der Waals surface area contributed by atoms with Gasteiger partial charge in [0.05, 0.1) is 10.2 Å². The smallest absolute Gasteiger partial charge is 0.0658 e. The van der Waals surface area contributed by atoms with E-state index in [1.165, 1.54) is 20.8 Å². The first-order chi connectivity index (χ1) is 5.45. The van der Waals surface area contributed by atoms with Gasteiger partial charge in [-0.25, -0.2) is 0 Å². The fourth-order valence-corrected chi connectivity index (χ4v) is 3.32. The quantitative estimate of drug-likeness (QED) is 0.657. The third-order valence-corrected chi connectivity index (χ3v) is 3.87. The Morgan fingerprint density at radius 3 is 3.55 bits per heavy atom. The largest absolute Gasteiger partial charge is 0.356 e. The van der Waals surface area contributed by atoms with Crippen LogP contribution in [0.2, 0.25) is 0 Å². The lowest BCUT2D eigenvalue weighted by atomic mass is 10.3. The van der Waals surface area contributed by atoms with Gasteiger partial charge in [0.2, 0.25) is 0 Å². The normalized spacial score (nSPS) is 16.0. The van der Waals surface area contributed by atoms with Gasteiger partial charge in [-0.1, -0.05) is 0 Å². The van der Waals surface area contributed by atoms with Gasteiger partial charge in [0, 0.05) is 22.8 Å². The van der Waals surface area contributed by atoms with Crippen LogP contribution >= 0.6 is 23.1 Å². The average molecular weight is 179 g/mol. The Hall–Kier alpha value is -0.410. The minimum atomic E-state index is 1.01. The molecule has 11 heavy (non-hydrogen) atoms. The summed E-state index contributed by atoms with van der Waals surface area (Å²) in [4.78, 5) is 4.73. The number of H-pyrrole nitrogens is 1. The predicted octanol–water partition coefficient (Wildman–Crippen LogP) is 2.76. The highest BCUT2D eigenvalue weighted by molar-refractivity contribution is 8.00. The zero-order chi connectivity index (χ0) is 7.26. The van der Waals surface area contributed by atoms with Gasteiger partial charge in [-0.2, -0.15) is 0 Å². The summed E-state index contributed by atoms with van der Waals surface area (Å²) in [7, 11) is 0. The second kappa shape index (κ2) is 2.05. The zero-order valence-electron chi connectivity index (χ0n) is 5.68. The lowest BCUT2D eigenvalue weighted by molar-refractivity contribution is 1.27. The van der Waals surface area contributed by atoms with Crippen LogP contribution in [0.1, 0.15) is 5.69 Å². The van der Waals surface area contributed by atoms with Crippen molar-refractivity contribution in [2.75, 3.05) is 5.75 Å². The molecule has 3 heteroatoms. The van der Waals surface area contributed by atoms with E-state index in [4.69, 9.17) is 0 Å². The maximum atomic E-state index is 3.33. The first-order valence-corrected chi connectivity index (χ1v) is 5.27. The fraction of sp³-hybridized carbons (Fsp3) is 0.125. The van der Waals surface area contributed by atoms with E-state index in [2.05, 4.69) is 22.9 Å². The van der Waals surface area contributed by atoms with Crippen molar-refractivity contribution < 1.29 is 0 Å². The Morgan fingerprint density at radius 1 is 1.55 bits per heavy atom. The molecular weight excluding hydrogens is 174 g/mol. The molecule has 54 valence electrons. The number of rotatable bonds is 0. The predicted molar refractivity (Wildman–Crippen MR) is 49.2 cm³/mol. The molecular formula is C8H5NS2. The van der Waals surface area contributed by atoms with Crippen LogP contribution in [0.25, 0.3) is 10.2 Å². The minimum absolute atomic E-state index is 1.01. The maximum Gasteiger partial charge on any atom is 0.0658 e. The van der Waals surface area contributed by atoms with Gasteiger partial charge in [0.1, 0.15) is 0 Å². The van der Waals surface area contributed by atoms with Crippen molar-refractivity contribution in [1.29, 1.82) is 0 Å². The van der Waals surface area contributed by atoms with E-state index in [0.29, 0.717) is 0 Å². The van der Waals surface area contributed by atoms with E-state index in [1.807, 2.05) is 23.1 Å². The van der Waals surface area contributed by atoms with Crippen molar-refractivity contribution in [3.05, 3.63) is 23.6 Å². The number of aromatic amines is 1. The molecule has 3 rings (SSSR count). The van der Waals surface area contributed by atoms with Crippen LogP contribution in [0.4, 0.5) is 0 Å². The van der Waals surface area contributed by atoms with Crippen molar-refractivity contribution >= 4 is 33.3 Å². The number of nitrogens with one attached hydrogen (secondary N) is 1. The van der Waals surface area contributed by atoms with Crippen LogP contribution in [0, 0.1) is 6.42 Å². The minimum Gasteiger partial charge on any atom is -0.356 e. The van der Waals surface area contributed by atoms with Crippen LogP contribution in [0.15, 0.2) is 16.3 Å². The molecule has 1 N–H and O–H groups in total. The van der Waals surface area contributed by atoms with E-state index in [0.717, 1.165) is 5.75 Å². The van der Waals surface area contributed by atoms with Gasteiger partial charge in [-0.15, -0.1) is 23.1 Å². The van der Waals surface area contributed by atoms with Crippen LogP contribution in [0.5, 0.6) is 0 Å². The number of aromatic nitrogens is 1. The van der Waals surface area contributed by atoms with Crippen LogP contribution in [-0.4, -0.2) is 10.7 Å². The average Bonchev–Trinajstić information content (AvgIpc) is 2.52. The first kappa shape index (κ1) is 6.14. The topological polar surface area (TPSA) is 15.8 Å². The Labute approximate surface area is 72.8 Å². The molecule has 2 radical (unpaired) electrons.